The Bertz CT molecular complexity index is 79.0. The van der Waals surface area contributed by atoms with Crippen LogP contribution in [0.4, 0.5) is 0 Å². The predicted octanol–water partition coefficient (Wildman–Crippen LogP) is -1.07. The SMILES string of the molecule is N1OC2NNC2S1. The molecule has 7 heavy (non-hydrogen) atoms. The van der Waals surface area contributed by atoms with Crippen LogP contribution in [0.25, 0.3) is 0 Å². The van der Waals surface area contributed by atoms with Crippen LogP contribution in [0.15, 0.2) is 0 Å². The molecule has 0 aromatic carbocycles. The van der Waals surface area contributed by atoms with Crippen molar-refractivity contribution in [3.8, 4) is 0 Å². The van der Waals surface area contributed by atoms with E-state index in [1.165, 1.54) is 0 Å². The summed E-state index contributed by atoms with van der Waals surface area (Å²) >= 11 is 1.55. The quantitative estimate of drug-likeness (QED) is 0.354. The Labute approximate surface area is 45.0 Å². The van der Waals surface area contributed by atoms with Gasteiger partial charge in [-0.25, -0.2) is 10.9 Å². The van der Waals surface area contributed by atoms with Crippen LogP contribution in [0, 0.1) is 0 Å². The average Bonchev–Trinajstić information content (AvgIpc) is 1.85. The van der Waals surface area contributed by atoms with Crippen molar-refractivity contribution in [1.82, 2.24) is 15.7 Å². The molecule has 0 bridgehead atoms. The van der Waals surface area contributed by atoms with Gasteiger partial charge in [-0.15, -0.1) is 4.89 Å². The van der Waals surface area contributed by atoms with Gasteiger partial charge in [0, 0.05) is 0 Å². The number of fused-ring (bicyclic) bond motifs is 1. The highest BCUT2D eigenvalue weighted by Crippen LogP contribution is 2.20. The molecule has 0 amide bonds. The van der Waals surface area contributed by atoms with Gasteiger partial charge in [0.25, 0.3) is 0 Å². The van der Waals surface area contributed by atoms with Crippen LogP contribution >= 0.6 is 11.9 Å². The first-order valence-corrected chi connectivity index (χ1v) is 2.92. The lowest BCUT2D eigenvalue weighted by Crippen LogP contribution is -2.63. The Morgan fingerprint density at radius 1 is 1.43 bits per heavy atom. The third-order valence-corrected chi connectivity index (χ3v) is 1.80. The van der Waals surface area contributed by atoms with E-state index in [1.54, 1.807) is 11.9 Å². The summed E-state index contributed by atoms with van der Waals surface area (Å²) in [5, 5.41) is 0.417. The molecule has 2 heterocycles. The first-order valence-electron chi connectivity index (χ1n) is 2.04. The predicted molar refractivity (Wildman–Crippen MR) is 25.7 cm³/mol. The smallest absolute Gasteiger partial charge is 0.170 e. The monoisotopic (exact) mass is 119 g/mol. The fraction of sp³-hybridized carbons (Fsp3) is 1.00. The molecule has 40 valence electrons. The van der Waals surface area contributed by atoms with Crippen LogP contribution in [-0.2, 0) is 4.84 Å². The normalized spacial score (nSPS) is 48.0. The molecule has 0 saturated carbocycles. The second-order valence-corrected chi connectivity index (χ2v) is 2.36. The largest absolute Gasteiger partial charge is 0.268 e. The minimum atomic E-state index is 0.185. The molecule has 2 fully saturated rings. The molecule has 2 aliphatic rings. The molecule has 0 radical (unpaired) electrons. The number of rotatable bonds is 0. The summed E-state index contributed by atoms with van der Waals surface area (Å²) in [6.45, 7) is 0. The third-order valence-electron chi connectivity index (χ3n) is 0.993. The van der Waals surface area contributed by atoms with E-state index in [2.05, 4.69) is 15.7 Å². The molecule has 0 spiro atoms. The molecule has 2 unspecified atom stereocenters. The maximum absolute atomic E-state index is 4.89. The van der Waals surface area contributed by atoms with Crippen molar-refractivity contribution in [3.63, 3.8) is 0 Å². The molecule has 2 atom stereocenters. The fourth-order valence-corrected chi connectivity index (χ4v) is 1.17. The van der Waals surface area contributed by atoms with Gasteiger partial charge in [-0.1, -0.05) is 0 Å². The van der Waals surface area contributed by atoms with Crippen molar-refractivity contribution in [2.75, 3.05) is 0 Å². The van der Waals surface area contributed by atoms with Gasteiger partial charge in [-0.2, -0.15) is 0 Å². The number of hydrogen-bond acceptors (Lipinski definition) is 5. The molecule has 5 heteroatoms. The Hall–Kier alpha value is 0.190. The van der Waals surface area contributed by atoms with Gasteiger partial charge in [0.05, 0.1) is 0 Å². The molecule has 2 aliphatic heterocycles. The van der Waals surface area contributed by atoms with E-state index >= 15 is 0 Å². The molecule has 2 rings (SSSR count). The average molecular weight is 119 g/mol. The van der Waals surface area contributed by atoms with Gasteiger partial charge >= 0.3 is 0 Å². The van der Waals surface area contributed by atoms with E-state index < -0.39 is 0 Å². The van der Waals surface area contributed by atoms with Crippen LogP contribution in [0.2, 0.25) is 0 Å². The lowest BCUT2D eigenvalue weighted by molar-refractivity contribution is -0.0392. The fourth-order valence-electron chi connectivity index (χ4n) is 0.533. The van der Waals surface area contributed by atoms with Crippen molar-refractivity contribution in [2.45, 2.75) is 11.6 Å². The molecule has 2 saturated heterocycles. The van der Waals surface area contributed by atoms with Gasteiger partial charge in [0.15, 0.2) is 6.23 Å². The first-order chi connectivity index (χ1) is 3.47. The van der Waals surface area contributed by atoms with Gasteiger partial charge in [0.1, 0.15) is 5.37 Å². The topological polar surface area (TPSA) is 45.3 Å². The first kappa shape index (κ1) is 4.11. The van der Waals surface area contributed by atoms with Crippen LogP contribution in [-0.4, -0.2) is 11.6 Å². The van der Waals surface area contributed by atoms with Crippen molar-refractivity contribution < 1.29 is 4.84 Å². The van der Waals surface area contributed by atoms with E-state index in [0.717, 1.165) is 0 Å². The second-order valence-electron chi connectivity index (χ2n) is 1.45. The standard InChI is InChI=1S/C2H5N3OS/c3-1-2(4-3)7-5-6-1/h1-5H. The lowest BCUT2D eigenvalue weighted by atomic mass is 10.5. The zero-order chi connectivity index (χ0) is 4.69. The van der Waals surface area contributed by atoms with Gasteiger partial charge in [-0.05, 0) is 11.9 Å². The van der Waals surface area contributed by atoms with E-state index in [4.69, 9.17) is 4.84 Å². The van der Waals surface area contributed by atoms with E-state index in [-0.39, 0.29) is 6.23 Å². The van der Waals surface area contributed by atoms with Crippen LogP contribution in [0.1, 0.15) is 0 Å². The maximum Gasteiger partial charge on any atom is 0.170 e. The summed E-state index contributed by atoms with van der Waals surface area (Å²) in [5.41, 5.74) is 5.78. The molecule has 0 aromatic heterocycles. The number of hydrogen-bond donors (Lipinski definition) is 3. The van der Waals surface area contributed by atoms with Gasteiger partial charge < -0.3 is 0 Å². The number of nitrogens with one attached hydrogen (secondary N) is 3. The van der Waals surface area contributed by atoms with Crippen molar-refractivity contribution in [2.24, 2.45) is 0 Å². The Kier molecular flexibility index (Phi) is 0.781. The minimum Gasteiger partial charge on any atom is -0.268 e. The third kappa shape index (κ3) is 0.471. The molecular formula is C2H5N3OS. The van der Waals surface area contributed by atoms with Crippen molar-refractivity contribution in [1.29, 1.82) is 0 Å². The zero-order valence-electron chi connectivity index (χ0n) is 3.47. The van der Waals surface area contributed by atoms with Crippen LogP contribution in [0.5, 0.6) is 0 Å². The maximum atomic E-state index is 4.89. The van der Waals surface area contributed by atoms with Crippen LogP contribution < -0.4 is 15.7 Å². The van der Waals surface area contributed by atoms with Gasteiger partial charge in [-0.3, -0.25) is 4.84 Å². The Morgan fingerprint density at radius 3 is 2.71 bits per heavy atom. The molecule has 3 N–H and O–H groups in total. The summed E-state index contributed by atoms with van der Waals surface area (Å²) < 4.78 is 0. The summed E-state index contributed by atoms with van der Waals surface area (Å²) in [6, 6.07) is 0. The second kappa shape index (κ2) is 1.33. The summed E-state index contributed by atoms with van der Waals surface area (Å²) in [5.74, 6) is 0. The Balaban J connectivity index is 2.03. The van der Waals surface area contributed by atoms with Gasteiger partial charge in [0.2, 0.25) is 0 Å². The molecular weight excluding hydrogens is 114 g/mol. The summed E-state index contributed by atoms with van der Waals surface area (Å²) in [4.78, 5) is 7.57. The highest BCUT2D eigenvalue weighted by atomic mass is 32.2. The Morgan fingerprint density at radius 2 is 2.43 bits per heavy atom. The van der Waals surface area contributed by atoms with E-state index in [9.17, 15) is 0 Å². The highest BCUT2D eigenvalue weighted by Gasteiger charge is 2.36. The zero-order valence-corrected chi connectivity index (χ0v) is 4.29. The highest BCUT2D eigenvalue weighted by molar-refractivity contribution is 7.98. The minimum absolute atomic E-state index is 0.185. The lowest BCUT2D eigenvalue weighted by Gasteiger charge is -2.28. The van der Waals surface area contributed by atoms with Crippen molar-refractivity contribution >= 4 is 11.9 Å². The van der Waals surface area contributed by atoms with Crippen molar-refractivity contribution in [3.05, 3.63) is 0 Å². The summed E-state index contributed by atoms with van der Waals surface area (Å²) in [7, 11) is 0. The number of hydrazine groups is 1. The molecule has 0 aliphatic carbocycles. The van der Waals surface area contributed by atoms with E-state index in [1.807, 2.05) is 0 Å². The van der Waals surface area contributed by atoms with Crippen LogP contribution in [0.3, 0.4) is 0 Å². The summed E-state index contributed by atoms with van der Waals surface area (Å²) in [6.07, 6.45) is 0.185. The molecule has 4 nitrogen and oxygen atoms in total. The molecule has 0 aromatic rings. The van der Waals surface area contributed by atoms with E-state index in [0.29, 0.717) is 5.37 Å².